The largest absolute Gasteiger partial charge is 0.396 e. The van der Waals surface area contributed by atoms with E-state index in [1.54, 1.807) is 0 Å². The van der Waals surface area contributed by atoms with Gasteiger partial charge in [-0.25, -0.2) is 9.18 Å². The van der Waals surface area contributed by atoms with Crippen molar-refractivity contribution in [1.82, 2.24) is 10.6 Å². The zero-order chi connectivity index (χ0) is 15.2. The smallest absolute Gasteiger partial charge is 0.315 e. The van der Waals surface area contributed by atoms with Crippen LogP contribution in [-0.2, 0) is 4.79 Å². The number of nitrogens with zero attached hydrogens (tertiary/aromatic N) is 1. The number of halogens is 1. The molecule has 1 aliphatic heterocycles. The lowest BCUT2D eigenvalue weighted by atomic mass is 10.2. The summed E-state index contributed by atoms with van der Waals surface area (Å²) in [5.41, 5.74) is 0.617. The van der Waals surface area contributed by atoms with Gasteiger partial charge in [0.2, 0.25) is 5.91 Å². The van der Waals surface area contributed by atoms with Crippen molar-refractivity contribution >= 4 is 17.6 Å². The molecule has 1 aromatic carbocycles. The van der Waals surface area contributed by atoms with Gasteiger partial charge in [-0.1, -0.05) is 0 Å². The predicted molar refractivity (Wildman–Crippen MR) is 75.4 cm³/mol. The van der Waals surface area contributed by atoms with E-state index in [9.17, 15) is 14.0 Å². The fourth-order valence-electron chi connectivity index (χ4n) is 2.19. The Balaban J connectivity index is 1.87. The van der Waals surface area contributed by atoms with Crippen LogP contribution in [0.1, 0.15) is 12.8 Å². The summed E-state index contributed by atoms with van der Waals surface area (Å²) in [5, 5.41) is 13.9. The number of anilines is 1. The number of benzene rings is 1. The van der Waals surface area contributed by atoms with E-state index in [1.807, 2.05) is 0 Å². The lowest BCUT2D eigenvalue weighted by Gasteiger charge is -2.17. The molecule has 7 heteroatoms. The minimum Gasteiger partial charge on any atom is -0.396 e. The first kappa shape index (κ1) is 15.2. The maximum Gasteiger partial charge on any atom is 0.315 e. The second-order valence-electron chi connectivity index (χ2n) is 4.86. The third-order valence-electron chi connectivity index (χ3n) is 3.22. The first-order valence-electron chi connectivity index (χ1n) is 6.81. The Kier molecular flexibility index (Phi) is 5.10. The molecule has 3 amide bonds. The molecular weight excluding hydrogens is 277 g/mol. The van der Waals surface area contributed by atoms with Crippen LogP contribution in [0.25, 0.3) is 0 Å². The highest BCUT2D eigenvalue weighted by Crippen LogP contribution is 2.21. The number of hydrogen-bond donors (Lipinski definition) is 3. The van der Waals surface area contributed by atoms with Crippen LogP contribution in [-0.4, -0.2) is 42.8 Å². The fourth-order valence-corrected chi connectivity index (χ4v) is 2.19. The Morgan fingerprint density at radius 3 is 2.76 bits per heavy atom. The Morgan fingerprint density at radius 2 is 2.10 bits per heavy atom. The van der Waals surface area contributed by atoms with Gasteiger partial charge in [-0.3, -0.25) is 4.79 Å². The standard InChI is InChI=1S/C14H18FN3O3/c15-10-2-4-12(5-3-10)18-9-11(8-13(18)20)17-14(21)16-6-1-7-19/h2-5,11,19H,1,6-9H2,(H2,16,17,21). The molecule has 1 aliphatic rings. The van der Waals surface area contributed by atoms with Crippen molar-refractivity contribution in [1.29, 1.82) is 0 Å². The molecule has 6 nitrogen and oxygen atoms in total. The van der Waals surface area contributed by atoms with Crippen molar-refractivity contribution in [2.75, 3.05) is 24.6 Å². The summed E-state index contributed by atoms with van der Waals surface area (Å²) >= 11 is 0. The summed E-state index contributed by atoms with van der Waals surface area (Å²) in [6, 6.07) is 5.03. The van der Waals surface area contributed by atoms with E-state index in [0.29, 0.717) is 25.2 Å². The predicted octanol–water partition coefficient (Wildman–Crippen LogP) is 0.613. The SMILES string of the molecule is O=C(NCCCO)NC1CC(=O)N(c2ccc(F)cc2)C1. The van der Waals surface area contributed by atoms with Gasteiger partial charge >= 0.3 is 6.03 Å². The van der Waals surface area contributed by atoms with Crippen LogP contribution < -0.4 is 15.5 Å². The number of carbonyl (C=O) groups is 2. The van der Waals surface area contributed by atoms with Crippen LogP contribution in [0, 0.1) is 5.82 Å². The number of rotatable bonds is 5. The molecule has 2 rings (SSSR count). The molecule has 0 saturated carbocycles. The number of nitrogens with one attached hydrogen (secondary N) is 2. The molecule has 114 valence electrons. The normalized spacial score (nSPS) is 17.9. The summed E-state index contributed by atoms with van der Waals surface area (Å²) in [4.78, 5) is 25.1. The van der Waals surface area contributed by atoms with E-state index in [0.717, 1.165) is 0 Å². The average Bonchev–Trinajstić information content (AvgIpc) is 2.80. The lowest BCUT2D eigenvalue weighted by molar-refractivity contribution is -0.117. The zero-order valence-corrected chi connectivity index (χ0v) is 11.5. The minimum atomic E-state index is -0.359. The first-order valence-corrected chi connectivity index (χ1v) is 6.81. The van der Waals surface area contributed by atoms with Gasteiger partial charge in [0, 0.05) is 31.8 Å². The maximum absolute atomic E-state index is 12.9. The van der Waals surface area contributed by atoms with Gasteiger partial charge in [-0.2, -0.15) is 0 Å². The molecule has 1 saturated heterocycles. The number of aliphatic hydroxyl groups excluding tert-OH is 1. The van der Waals surface area contributed by atoms with Crippen molar-refractivity contribution < 1.29 is 19.1 Å². The van der Waals surface area contributed by atoms with Crippen molar-refractivity contribution in [3.05, 3.63) is 30.1 Å². The van der Waals surface area contributed by atoms with Gasteiger partial charge in [0.1, 0.15) is 5.82 Å². The zero-order valence-electron chi connectivity index (χ0n) is 11.5. The summed E-state index contributed by atoms with van der Waals surface area (Å²) in [6.45, 7) is 0.753. The Morgan fingerprint density at radius 1 is 1.38 bits per heavy atom. The topological polar surface area (TPSA) is 81.7 Å². The molecule has 0 aliphatic carbocycles. The Bertz CT molecular complexity index is 507. The number of amides is 3. The number of aliphatic hydroxyl groups is 1. The second-order valence-corrected chi connectivity index (χ2v) is 4.86. The van der Waals surface area contributed by atoms with Crippen LogP contribution in [0.2, 0.25) is 0 Å². The molecule has 1 fully saturated rings. The molecule has 0 radical (unpaired) electrons. The summed E-state index contributed by atoms with van der Waals surface area (Å²) < 4.78 is 12.9. The highest BCUT2D eigenvalue weighted by Gasteiger charge is 2.31. The molecule has 1 aromatic rings. The fraction of sp³-hybridized carbons (Fsp3) is 0.429. The molecule has 0 aromatic heterocycles. The monoisotopic (exact) mass is 295 g/mol. The van der Waals surface area contributed by atoms with Crippen LogP contribution in [0.4, 0.5) is 14.9 Å². The van der Waals surface area contributed by atoms with E-state index in [2.05, 4.69) is 10.6 Å². The highest BCUT2D eigenvalue weighted by atomic mass is 19.1. The van der Waals surface area contributed by atoms with E-state index in [4.69, 9.17) is 5.11 Å². The van der Waals surface area contributed by atoms with Crippen LogP contribution in [0.15, 0.2) is 24.3 Å². The van der Waals surface area contributed by atoms with Gasteiger partial charge < -0.3 is 20.6 Å². The first-order chi connectivity index (χ1) is 10.1. The van der Waals surface area contributed by atoms with Gasteiger partial charge in [-0.05, 0) is 30.7 Å². The molecule has 0 bridgehead atoms. The molecule has 0 spiro atoms. The van der Waals surface area contributed by atoms with Crippen molar-refractivity contribution in [2.45, 2.75) is 18.9 Å². The van der Waals surface area contributed by atoms with Crippen LogP contribution in [0.3, 0.4) is 0 Å². The number of carbonyl (C=O) groups excluding carboxylic acids is 2. The number of urea groups is 1. The van der Waals surface area contributed by atoms with E-state index in [1.165, 1.54) is 29.2 Å². The van der Waals surface area contributed by atoms with Gasteiger partial charge in [-0.15, -0.1) is 0 Å². The lowest BCUT2D eigenvalue weighted by Crippen LogP contribution is -2.43. The van der Waals surface area contributed by atoms with Gasteiger partial charge in [0.25, 0.3) is 0 Å². The average molecular weight is 295 g/mol. The Hall–Kier alpha value is -2.15. The Labute approximate surface area is 121 Å². The molecular formula is C14H18FN3O3. The molecule has 3 N–H and O–H groups in total. The van der Waals surface area contributed by atoms with Gasteiger partial charge in [0.15, 0.2) is 0 Å². The summed E-state index contributed by atoms with van der Waals surface area (Å²) in [5.74, 6) is -0.467. The van der Waals surface area contributed by atoms with Crippen molar-refractivity contribution in [3.63, 3.8) is 0 Å². The van der Waals surface area contributed by atoms with Crippen molar-refractivity contribution in [3.8, 4) is 0 Å². The van der Waals surface area contributed by atoms with Gasteiger partial charge in [0.05, 0.1) is 6.04 Å². The van der Waals surface area contributed by atoms with Crippen LogP contribution in [0.5, 0.6) is 0 Å². The van der Waals surface area contributed by atoms with E-state index < -0.39 is 0 Å². The second kappa shape index (κ2) is 7.03. The highest BCUT2D eigenvalue weighted by molar-refractivity contribution is 5.96. The molecule has 21 heavy (non-hydrogen) atoms. The van der Waals surface area contributed by atoms with Crippen LogP contribution >= 0.6 is 0 Å². The molecule has 1 unspecified atom stereocenters. The van der Waals surface area contributed by atoms with Crippen molar-refractivity contribution in [2.24, 2.45) is 0 Å². The minimum absolute atomic E-state index is 0.0144. The molecule has 1 atom stereocenters. The third kappa shape index (κ3) is 4.16. The summed E-state index contributed by atoms with van der Waals surface area (Å²) in [6.07, 6.45) is 0.698. The molecule has 1 heterocycles. The summed E-state index contributed by atoms with van der Waals surface area (Å²) in [7, 11) is 0. The maximum atomic E-state index is 12.9. The quantitative estimate of drug-likeness (QED) is 0.696. The third-order valence-corrected chi connectivity index (χ3v) is 3.22. The van der Waals surface area contributed by atoms with E-state index in [-0.39, 0.29) is 36.8 Å². The number of hydrogen-bond acceptors (Lipinski definition) is 3. The van der Waals surface area contributed by atoms with E-state index >= 15 is 0 Å².